The average molecular weight is 289 g/mol. The fraction of sp³-hybridized carbons (Fsp3) is 0.308. The quantitative estimate of drug-likeness (QED) is 0.846. The molecule has 2 rings (SSSR count). The Morgan fingerprint density at radius 1 is 1.55 bits per heavy atom. The van der Waals surface area contributed by atoms with E-state index in [1.165, 1.54) is 4.90 Å². The van der Waals surface area contributed by atoms with Crippen molar-refractivity contribution < 1.29 is 4.79 Å². The lowest BCUT2D eigenvalue weighted by molar-refractivity contribution is 0.217. The van der Waals surface area contributed by atoms with Gasteiger partial charge in [0.1, 0.15) is 6.07 Å². The Labute approximate surface area is 121 Å². The van der Waals surface area contributed by atoms with E-state index >= 15 is 0 Å². The van der Waals surface area contributed by atoms with Crippen molar-refractivity contribution in [2.24, 2.45) is 0 Å². The zero-order valence-corrected chi connectivity index (χ0v) is 12.1. The van der Waals surface area contributed by atoms with Crippen LogP contribution in [0.2, 0.25) is 0 Å². The fourth-order valence-electron chi connectivity index (χ4n) is 1.93. The molecule has 20 heavy (non-hydrogen) atoms. The van der Waals surface area contributed by atoms with Crippen molar-refractivity contribution in [3.8, 4) is 6.07 Å². The molecule has 0 atom stereocenters. The van der Waals surface area contributed by atoms with E-state index in [2.05, 4.69) is 16.4 Å². The molecule has 0 fully saturated rings. The molecule has 2 N–H and O–H groups in total. The second-order valence-electron chi connectivity index (χ2n) is 4.52. The van der Waals surface area contributed by atoms with Gasteiger partial charge in [-0.3, -0.25) is 0 Å². The summed E-state index contributed by atoms with van der Waals surface area (Å²) in [6.45, 7) is 1.02. The van der Waals surface area contributed by atoms with E-state index in [4.69, 9.17) is 17.5 Å². The second-order valence-corrected chi connectivity index (χ2v) is 4.91. The van der Waals surface area contributed by atoms with Crippen LogP contribution in [0.3, 0.4) is 0 Å². The molecule has 0 unspecified atom stereocenters. The molecule has 0 aliphatic rings. The van der Waals surface area contributed by atoms with Gasteiger partial charge in [-0.2, -0.15) is 5.26 Å². The number of carbonyl (C=O) groups excluding carboxylic acids is 1. The highest BCUT2D eigenvalue weighted by molar-refractivity contribution is 7.71. The summed E-state index contributed by atoms with van der Waals surface area (Å²) in [6, 6.07) is 7.45. The molecule has 0 saturated carbocycles. The van der Waals surface area contributed by atoms with E-state index < -0.39 is 0 Å². The molecule has 1 heterocycles. The Morgan fingerprint density at radius 3 is 2.95 bits per heavy atom. The predicted molar refractivity (Wildman–Crippen MR) is 78.9 cm³/mol. The lowest BCUT2D eigenvalue weighted by atomic mass is 10.2. The molecule has 7 heteroatoms. The van der Waals surface area contributed by atoms with Crippen LogP contribution in [-0.4, -0.2) is 41.1 Å². The van der Waals surface area contributed by atoms with Crippen LogP contribution in [0.15, 0.2) is 18.2 Å². The number of hydrogen-bond acceptors (Lipinski definition) is 3. The summed E-state index contributed by atoms with van der Waals surface area (Å²) in [6.07, 6.45) is 0. The number of nitrogens with zero attached hydrogens (tertiary/aromatic N) is 3. The number of aromatic amines is 1. The monoisotopic (exact) mass is 289 g/mol. The van der Waals surface area contributed by atoms with Crippen molar-refractivity contribution in [1.82, 2.24) is 19.8 Å². The van der Waals surface area contributed by atoms with E-state index in [1.54, 1.807) is 20.2 Å². The van der Waals surface area contributed by atoms with E-state index in [1.807, 2.05) is 16.7 Å². The van der Waals surface area contributed by atoms with Gasteiger partial charge in [-0.25, -0.2) is 4.79 Å². The van der Waals surface area contributed by atoms with Crippen molar-refractivity contribution in [2.75, 3.05) is 20.6 Å². The first-order valence-corrected chi connectivity index (χ1v) is 6.52. The summed E-state index contributed by atoms with van der Waals surface area (Å²) in [7, 11) is 3.37. The van der Waals surface area contributed by atoms with Crippen LogP contribution in [-0.2, 0) is 6.54 Å². The second kappa shape index (κ2) is 5.75. The van der Waals surface area contributed by atoms with Crippen LogP contribution < -0.4 is 5.32 Å². The maximum absolute atomic E-state index is 11.4. The number of hydrogen-bond donors (Lipinski definition) is 2. The first-order chi connectivity index (χ1) is 9.54. The summed E-state index contributed by atoms with van der Waals surface area (Å²) >= 11 is 5.27. The fourth-order valence-corrected chi connectivity index (χ4v) is 2.22. The van der Waals surface area contributed by atoms with Crippen LogP contribution >= 0.6 is 12.2 Å². The van der Waals surface area contributed by atoms with Crippen LogP contribution in [0.4, 0.5) is 4.79 Å². The first-order valence-electron chi connectivity index (χ1n) is 6.11. The van der Waals surface area contributed by atoms with Gasteiger partial charge in [-0.05, 0) is 24.4 Å². The van der Waals surface area contributed by atoms with Crippen molar-refractivity contribution in [1.29, 1.82) is 5.26 Å². The summed E-state index contributed by atoms with van der Waals surface area (Å²) in [5, 5.41) is 11.9. The molecular formula is C13H15N5OS. The molecule has 1 aromatic carbocycles. The zero-order valence-electron chi connectivity index (χ0n) is 11.3. The molecule has 0 bridgehead atoms. The molecule has 0 saturated heterocycles. The number of para-hydroxylation sites is 1. The van der Waals surface area contributed by atoms with Gasteiger partial charge in [0.15, 0.2) is 4.77 Å². The number of nitriles is 1. The summed E-state index contributed by atoms with van der Waals surface area (Å²) < 4.78 is 2.42. The van der Waals surface area contributed by atoms with Gasteiger partial charge >= 0.3 is 6.03 Å². The number of urea groups is 1. The number of nitrogens with one attached hydrogen (secondary N) is 2. The van der Waals surface area contributed by atoms with Crippen LogP contribution in [0, 0.1) is 16.1 Å². The molecule has 0 radical (unpaired) electrons. The molecule has 2 aromatic rings. The van der Waals surface area contributed by atoms with Gasteiger partial charge in [0.25, 0.3) is 0 Å². The predicted octanol–water partition coefficient (Wildman–Crippen LogP) is 1.84. The molecular weight excluding hydrogens is 274 g/mol. The molecule has 0 spiro atoms. The third-order valence-electron chi connectivity index (χ3n) is 2.95. The van der Waals surface area contributed by atoms with Crippen LogP contribution in [0.25, 0.3) is 11.0 Å². The van der Waals surface area contributed by atoms with Gasteiger partial charge in [-0.15, -0.1) is 0 Å². The highest BCUT2D eigenvalue weighted by atomic mass is 32.1. The largest absolute Gasteiger partial charge is 0.336 e. The average Bonchev–Trinajstić information content (AvgIpc) is 2.74. The van der Waals surface area contributed by atoms with Gasteiger partial charge in [0.05, 0.1) is 16.6 Å². The van der Waals surface area contributed by atoms with Crippen LogP contribution in [0.5, 0.6) is 0 Å². The molecule has 0 aliphatic heterocycles. The Bertz CT molecular complexity index is 737. The zero-order chi connectivity index (χ0) is 14.7. The number of fused-ring (bicyclic) bond motifs is 1. The van der Waals surface area contributed by atoms with E-state index in [0.717, 1.165) is 11.0 Å². The van der Waals surface area contributed by atoms with E-state index in [0.29, 0.717) is 23.4 Å². The van der Waals surface area contributed by atoms with Gasteiger partial charge in [-0.1, -0.05) is 6.07 Å². The maximum Gasteiger partial charge on any atom is 0.316 e. The molecule has 1 aromatic heterocycles. The minimum atomic E-state index is -0.144. The standard InChI is InChI=1S/C13H15N5OS/c1-17(2)12(19)15-6-7-18-10-5-3-4-9(8-14)11(10)16-13(18)20/h3-5H,6-7H2,1-2H3,(H,15,19)(H,16,20). The molecule has 6 nitrogen and oxygen atoms in total. The molecule has 0 aliphatic carbocycles. The number of amides is 2. The first kappa shape index (κ1) is 14.1. The van der Waals surface area contributed by atoms with Crippen molar-refractivity contribution >= 4 is 29.3 Å². The smallest absolute Gasteiger partial charge is 0.316 e. The number of H-pyrrole nitrogens is 1. The topological polar surface area (TPSA) is 76.8 Å². The third kappa shape index (κ3) is 2.65. The lowest BCUT2D eigenvalue weighted by Gasteiger charge is -2.12. The van der Waals surface area contributed by atoms with Gasteiger partial charge in [0.2, 0.25) is 0 Å². The lowest BCUT2D eigenvalue weighted by Crippen LogP contribution is -2.36. The Hall–Kier alpha value is -2.33. The summed E-state index contributed by atoms with van der Waals surface area (Å²) in [5.41, 5.74) is 2.16. The Kier molecular flexibility index (Phi) is 4.05. The summed E-state index contributed by atoms with van der Waals surface area (Å²) in [5.74, 6) is 0. The Balaban J connectivity index is 2.23. The number of benzene rings is 1. The van der Waals surface area contributed by atoms with Crippen molar-refractivity contribution in [3.05, 3.63) is 28.5 Å². The van der Waals surface area contributed by atoms with Crippen LogP contribution in [0.1, 0.15) is 5.56 Å². The Morgan fingerprint density at radius 2 is 2.30 bits per heavy atom. The number of aromatic nitrogens is 2. The number of imidazole rings is 1. The molecule has 2 amide bonds. The highest BCUT2D eigenvalue weighted by Crippen LogP contribution is 2.17. The van der Waals surface area contributed by atoms with Crippen molar-refractivity contribution in [2.45, 2.75) is 6.54 Å². The number of rotatable bonds is 3. The van der Waals surface area contributed by atoms with Crippen molar-refractivity contribution in [3.63, 3.8) is 0 Å². The molecule has 104 valence electrons. The van der Waals surface area contributed by atoms with Gasteiger partial charge in [0, 0.05) is 27.2 Å². The van der Waals surface area contributed by atoms with E-state index in [9.17, 15) is 4.79 Å². The van der Waals surface area contributed by atoms with E-state index in [-0.39, 0.29) is 6.03 Å². The third-order valence-corrected chi connectivity index (χ3v) is 3.27. The summed E-state index contributed by atoms with van der Waals surface area (Å²) in [4.78, 5) is 16.0. The highest BCUT2D eigenvalue weighted by Gasteiger charge is 2.08. The normalized spacial score (nSPS) is 10.2. The maximum atomic E-state index is 11.4. The SMILES string of the molecule is CN(C)C(=O)NCCn1c(=S)[nH]c2c(C#N)cccc21. The minimum Gasteiger partial charge on any atom is -0.336 e. The van der Waals surface area contributed by atoms with Gasteiger partial charge < -0.3 is 19.8 Å². The minimum absolute atomic E-state index is 0.144. The number of carbonyl (C=O) groups is 1.